The van der Waals surface area contributed by atoms with Crippen LogP contribution in [0.15, 0.2) is 60.1 Å². The Bertz CT molecular complexity index is 1350. The number of hydrogen-bond donors (Lipinski definition) is 0. The highest BCUT2D eigenvalue weighted by molar-refractivity contribution is 7.09. The number of benzene rings is 2. The van der Waals surface area contributed by atoms with Crippen LogP contribution < -0.4 is 4.90 Å². The topological polar surface area (TPSA) is 73.8 Å². The van der Waals surface area contributed by atoms with Crippen molar-refractivity contribution in [3.8, 4) is 0 Å². The average molecular weight is 543 g/mol. The number of carbonyl (C=O) groups is 3. The van der Waals surface area contributed by atoms with Crippen molar-refractivity contribution in [1.29, 1.82) is 0 Å². The summed E-state index contributed by atoms with van der Waals surface area (Å²) in [4.78, 5) is 50.4. The molecule has 39 heavy (non-hydrogen) atoms. The second-order valence-corrected chi connectivity index (χ2v) is 11.9. The van der Waals surface area contributed by atoms with E-state index >= 15 is 0 Å². The molecule has 6 rings (SSSR count). The molecule has 3 aromatic rings. The van der Waals surface area contributed by atoms with Crippen molar-refractivity contribution in [3.63, 3.8) is 0 Å². The van der Waals surface area contributed by atoms with Crippen LogP contribution in [0.5, 0.6) is 0 Å². The Labute approximate surface area is 233 Å². The lowest BCUT2D eigenvalue weighted by atomic mass is 9.88. The van der Waals surface area contributed by atoms with Crippen molar-refractivity contribution in [2.24, 2.45) is 11.8 Å². The zero-order chi connectivity index (χ0) is 26.9. The third-order valence-electron chi connectivity index (χ3n) is 8.53. The predicted molar refractivity (Wildman–Crippen MR) is 152 cm³/mol. The number of anilines is 1. The van der Waals surface area contributed by atoms with Crippen LogP contribution in [0.1, 0.15) is 69.9 Å². The van der Waals surface area contributed by atoms with Gasteiger partial charge in [-0.2, -0.15) is 0 Å². The summed E-state index contributed by atoms with van der Waals surface area (Å²) in [5.74, 6) is 0.193. The lowest BCUT2D eigenvalue weighted by molar-refractivity contribution is -0.137. The molecule has 202 valence electrons. The number of carbonyl (C=O) groups excluding carboxylic acids is 3. The minimum Gasteiger partial charge on any atom is -0.370 e. The SMILES string of the molecule is C[C@@H](c1nccs1)N1C(=O)c2cccc(N3CCC[C@H](C(=O)N4CCC(Cc5ccccc5)CC4)C3)c2C1=O. The van der Waals surface area contributed by atoms with Gasteiger partial charge < -0.3 is 9.80 Å². The smallest absolute Gasteiger partial charge is 0.264 e. The minimum atomic E-state index is -0.425. The summed E-state index contributed by atoms with van der Waals surface area (Å²) in [5, 5.41) is 2.59. The number of piperidine rings is 2. The van der Waals surface area contributed by atoms with E-state index in [1.807, 2.05) is 24.4 Å². The first-order chi connectivity index (χ1) is 19.0. The molecule has 0 N–H and O–H groups in total. The maximum atomic E-state index is 13.6. The van der Waals surface area contributed by atoms with Crippen LogP contribution in [0.25, 0.3) is 0 Å². The average Bonchev–Trinajstić information content (AvgIpc) is 3.60. The first-order valence-corrected chi connectivity index (χ1v) is 14.9. The van der Waals surface area contributed by atoms with Crippen LogP contribution in [0.3, 0.4) is 0 Å². The van der Waals surface area contributed by atoms with Gasteiger partial charge in [0.05, 0.1) is 28.8 Å². The molecule has 8 heteroatoms. The van der Waals surface area contributed by atoms with Gasteiger partial charge in [-0.05, 0) is 62.6 Å². The van der Waals surface area contributed by atoms with E-state index in [9.17, 15) is 14.4 Å². The molecule has 3 aliphatic rings. The highest BCUT2D eigenvalue weighted by Crippen LogP contribution is 2.38. The summed E-state index contributed by atoms with van der Waals surface area (Å²) in [7, 11) is 0. The van der Waals surface area contributed by atoms with Crippen LogP contribution in [0.2, 0.25) is 0 Å². The molecule has 2 atom stereocenters. The molecule has 0 unspecified atom stereocenters. The molecule has 0 saturated carbocycles. The number of imide groups is 1. The highest BCUT2D eigenvalue weighted by Gasteiger charge is 2.43. The van der Waals surface area contributed by atoms with Gasteiger partial charge in [-0.25, -0.2) is 4.98 Å². The Balaban J connectivity index is 1.13. The summed E-state index contributed by atoms with van der Waals surface area (Å²) in [6.07, 6.45) is 6.57. The molecule has 0 spiro atoms. The molecular weight excluding hydrogens is 508 g/mol. The van der Waals surface area contributed by atoms with Crippen molar-refractivity contribution in [2.45, 2.75) is 45.1 Å². The van der Waals surface area contributed by atoms with Gasteiger partial charge in [-0.3, -0.25) is 19.3 Å². The van der Waals surface area contributed by atoms with Crippen LogP contribution in [0.4, 0.5) is 5.69 Å². The summed E-state index contributed by atoms with van der Waals surface area (Å²) in [6, 6.07) is 15.7. The summed E-state index contributed by atoms with van der Waals surface area (Å²) in [6.45, 7) is 4.80. The molecule has 3 aliphatic heterocycles. The molecule has 4 heterocycles. The highest BCUT2D eigenvalue weighted by atomic mass is 32.1. The molecule has 2 aromatic carbocycles. The van der Waals surface area contributed by atoms with Crippen LogP contribution in [0, 0.1) is 11.8 Å². The number of aromatic nitrogens is 1. The monoisotopic (exact) mass is 542 g/mol. The van der Waals surface area contributed by atoms with Crippen LogP contribution in [-0.2, 0) is 11.2 Å². The third-order valence-corrected chi connectivity index (χ3v) is 9.47. The molecule has 0 bridgehead atoms. The maximum absolute atomic E-state index is 13.6. The zero-order valence-electron chi connectivity index (χ0n) is 22.3. The number of hydrogen-bond acceptors (Lipinski definition) is 6. The first kappa shape index (κ1) is 25.7. The Hall–Kier alpha value is -3.52. The van der Waals surface area contributed by atoms with Gasteiger partial charge in [0.15, 0.2) is 0 Å². The van der Waals surface area contributed by atoms with E-state index in [1.165, 1.54) is 21.8 Å². The molecule has 7 nitrogen and oxygen atoms in total. The Morgan fingerprint density at radius 2 is 1.79 bits per heavy atom. The first-order valence-electron chi connectivity index (χ1n) is 14.0. The normalized spacial score (nSPS) is 20.8. The Morgan fingerprint density at radius 3 is 2.54 bits per heavy atom. The van der Waals surface area contributed by atoms with E-state index in [2.05, 4.69) is 45.1 Å². The molecule has 0 radical (unpaired) electrons. The third kappa shape index (κ3) is 4.98. The van der Waals surface area contributed by atoms with Gasteiger partial charge in [0, 0.05) is 37.8 Å². The second-order valence-electron chi connectivity index (χ2n) is 11.0. The van der Waals surface area contributed by atoms with E-state index in [4.69, 9.17) is 0 Å². The van der Waals surface area contributed by atoms with Gasteiger partial charge in [-0.1, -0.05) is 36.4 Å². The van der Waals surface area contributed by atoms with E-state index in [1.54, 1.807) is 12.3 Å². The van der Waals surface area contributed by atoms with Crippen molar-refractivity contribution < 1.29 is 14.4 Å². The summed E-state index contributed by atoms with van der Waals surface area (Å²) >= 11 is 1.44. The number of fused-ring (bicyclic) bond motifs is 1. The lowest BCUT2D eigenvalue weighted by Crippen LogP contribution is -2.47. The number of thiazole rings is 1. The Kier molecular flexibility index (Phi) is 7.21. The number of likely N-dealkylation sites (tertiary alicyclic amines) is 1. The van der Waals surface area contributed by atoms with E-state index in [0.29, 0.717) is 23.6 Å². The maximum Gasteiger partial charge on any atom is 0.264 e. The molecule has 3 amide bonds. The fourth-order valence-electron chi connectivity index (χ4n) is 6.41. The fourth-order valence-corrected chi connectivity index (χ4v) is 7.10. The number of rotatable bonds is 6. The fraction of sp³-hybridized carbons (Fsp3) is 0.419. The summed E-state index contributed by atoms with van der Waals surface area (Å²) < 4.78 is 0. The Morgan fingerprint density at radius 1 is 1.00 bits per heavy atom. The molecule has 0 aliphatic carbocycles. The van der Waals surface area contributed by atoms with Crippen LogP contribution in [-0.4, -0.2) is 58.7 Å². The quantitative estimate of drug-likeness (QED) is 0.401. The molecule has 2 fully saturated rings. The van der Waals surface area contributed by atoms with Gasteiger partial charge in [0.1, 0.15) is 5.01 Å². The molecule has 1 aromatic heterocycles. The standard InChI is InChI=1S/C31H34N4O3S/c1-21(28-32-14-18-39-28)35-30(37)25-10-5-11-26(27(25)31(35)38)34-15-6-9-24(20-34)29(36)33-16-12-23(13-17-33)19-22-7-3-2-4-8-22/h2-5,7-8,10-11,14,18,21,23-24H,6,9,12-13,15-17,19-20H2,1H3/t21-,24-/m0/s1. The van der Waals surface area contributed by atoms with Gasteiger partial charge in [0.2, 0.25) is 5.91 Å². The second kappa shape index (κ2) is 10.9. The molecular formula is C31H34N4O3S. The zero-order valence-corrected chi connectivity index (χ0v) is 23.1. The van der Waals surface area contributed by atoms with Crippen molar-refractivity contribution in [1.82, 2.24) is 14.8 Å². The lowest BCUT2D eigenvalue weighted by Gasteiger charge is -2.39. The van der Waals surface area contributed by atoms with Crippen molar-refractivity contribution in [3.05, 3.63) is 81.8 Å². The predicted octanol–water partition coefficient (Wildman–Crippen LogP) is 5.20. The number of nitrogens with zero attached hydrogens (tertiary/aromatic N) is 4. The van der Waals surface area contributed by atoms with E-state index in [0.717, 1.165) is 62.4 Å². The van der Waals surface area contributed by atoms with Crippen LogP contribution >= 0.6 is 11.3 Å². The van der Waals surface area contributed by atoms with Gasteiger partial charge >= 0.3 is 0 Å². The van der Waals surface area contributed by atoms with E-state index in [-0.39, 0.29) is 23.6 Å². The van der Waals surface area contributed by atoms with Crippen molar-refractivity contribution >= 4 is 34.7 Å². The van der Waals surface area contributed by atoms with Crippen molar-refractivity contribution in [2.75, 3.05) is 31.1 Å². The largest absolute Gasteiger partial charge is 0.370 e. The minimum absolute atomic E-state index is 0.0992. The van der Waals surface area contributed by atoms with E-state index < -0.39 is 6.04 Å². The number of amides is 3. The van der Waals surface area contributed by atoms with Gasteiger partial charge in [0.25, 0.3) is 11.8 Å². The molecule has 2 saturated heterocycles. The van der Waals surface area contributed by atoms with Gasteiger partial charge in [-0.15, -0.1) is 11.3 Å². The summed E-state index contributed by atoms with van der Waals surface area (Å²) in [5.41, 5.74) is 3.03.